The molecule has 3 aromatic heterocycles. The molecule has 0 spiro atoms. The van der Waals surface area contributed by atoms with Crippen LogP contribution in [0, 0.1) is 4.77 Å². The van der Waals surface area contributed by atoms with E-state index in [-0.39, 0.29) is 5.56 Å². The van der Waals surface area contributed by atoms with E-state index >= 15 is 0 Å². The van der Waals surface area contributed by atoms with Gasteiger partial charge in [0.05, 0.1) is 17.4 Å². The SMILES string of the molecule is O=c1c2sccc2[nH]c(=S)n1-c1ccc(Cl)nc1. The van der Waals surface area contributed by atoms with Crippen LogP contribution in [0.3, 0.4) is 0 Å². The van der Waals surface area contributed by atoms with Crippen LogP contribution in [-0.2, 0) is 0 Å². The first-order valence-electron chi connectivity index (χ1n) is 5.01. The van der Waals surface area contributed by atoms with Crippen molar-refractivity contribution in [2.24, 2.45) is 0 Å². The molecule has 0 aliphatic carbocycles. The second-order valence-electron chi connectivity index (χ2n) is 3.57. The number of aromatic amines is 1. The van der Waals surface area contributed by atoms with E-state index in [9.17, 15) is 4.79 Å². The molecule has 0 saturated heterocycles. The molecule has 3 aromatic rings. The molecule has 3 rings (SSSR count). The van der Waals surface area contributed by atoms with Gasteiger partial charge in [-0.2, -0.15) is 0 Å². The number of thiophene rings is 1. The van der Waals surface area contributed by atoms with Crippen LogP contribution in [0.2, 0.25) is 5.15 Å². The Kier molecular flexibility index (Phi) is 2.77. The first-order chi connectivity index (χ1) is 8.66. The van der Waals surface area contributed by atoms with Crippen molar-refractivity contribution in [1.82, 2.24) is 14.5 Å². The highest BCUT2D eigenvalue weighted by atomic mass is 35.5. The molecule has 0 aliphatic heterocycles. The van der Waals surface area contributed by atoms with Crippen LogP contribution >= 0.6 is 35.2 Å². The van der Waals surface area contributed by atoms with Crippen LogP contribution in [0.15, 0.2) is 34.6 Å². The zero-order valence-electron chi connectivity index (χ0n) is 8.88. The van der Waals surface area contributed by atoms with Crippen molar-refractivity contribution in [2.75, 3.05) is 0 Å². The fourth-order valence-corrected chi connectivity index (χ4v) is 2.86. The van der Waals surface area contributed by atoms with Gasteiger partial charge in [0.1, 0.15) is 9.85 Å². The van der Waals surface area contributed by atoms with Gasteiger partial charge in [-0.15, -0.1) is 11.3 Å². The second kappa shape index (κ2) is 4.31. The summed E-state index contributed by atoms with van der Waals surface area (Å²) in [7, 11) is 0. The molecule has 0 aliphatic rings. The van der Waals surface area contributed by atoms with E-state index < -0.39 is 0 Å². The summed E-state index contributed by atoms with van der Waals surface area (Å²) in [6.45, 7) is 0. The number of hydrogen-bond donors (Lipinski definition) is 1. The fourth-order valence-electron chi connectivity index (χ4n) is 1.67. The van der Waals surface area contributed by atoms with Gasteiger partial charge < -0.3 is 4.98 Å². The van der Waals surface area contributed by atoms with Gasteiger partial charge in [-0.25, -0.2) is 4.98 Å². The van der Waals surface area contributed by atoms with Crippen molar-refractivity contribution < 1.29 is 0 Å². The minimum atomic E-state index is -0.145. The summed E-state index contributed by atoms with van der Waals surface area (Å²) in [6.07, 6.45) is 1.52. The van der Waals surface area contributed by atoms with Gasteiger partial charge in [0.2, 0.25) is 0 Å². The van der Waals surface area contributed by atoms with E-state index in [2.05, 4.69) is 9.97 Å². The lowest BCUT2D eigenvalue weighted by Crippen LogP contribution is -2.19. The largest absolute Gasteiger partial charge is 0.331 e. The van der Waals surface area contributed by atoms with Gasteiger partial charge >= 0.3 is 0 Å². The third-order valence-corrected chi connectivity index (χ3v) is 3.89. The normalized spacial score (nSPS) is 10.9. The number of nitrogens with one attached hydrogen (secondary N) is 1. The molecule has 0 saturated carbocycles. The summed E-state index contributed by atoms with van der Waals surface area (Å²) < 4.78 is 2.39. The summed E-state index contributed by atoms with van der Waals surface area (Å²) >= 11 is 12.3. The number of aromatic nitrogens is 3. The Morgan fingerprint density at radius 1 is 1.39 bits per heavy atom. The molecule has 0 amide bonds. The molecule has 1 N–H and O–H groups in total. The number of pyridine rings is 1. The lowest BCUT2D eigenvalue weighted by Gasteiger charge is -2.05. The predicted molar refractivity (Wildman–Crippen MR) is 75.4 cm³/mol. The third-order valence-electron chi connectivity index (χ3n) is 2.48. The standard InChI is InChI=1S/C11H6ClN3OS2/c12-8-2-1-6(5-13-8)15-10(16)9-7(3-4-18-9)14-11(15)17/h1-5H,(H,14,17). The van der Waals surface area contributed by atoms with Gasteiger partial charge in [-0.1, -0.05) is 11.6 Å². The molecule has 18 heavy (non-hydrogen) atoms. The Morgan fingerprint density at radius 3 is 2.94 bits per heavy atom. The molecular weight excluding hydrogens is 290 g/mol. The Bertz CT molecular complexity index is 832. The summed E-state index contributed by atoms with van der Waals surface area (Å²) in [5.74, 6) is 0. The Morgan fingerprint density at radius 2 is 2.22 bits per heavy atom. The molecule has 7 heteroatoms. The Balaban J connectivity index is 2.38. The molecular formula is C11H6ClN3OS2. The number of hydrogen-bond acceptors (Lipinski definition) is 4. The van der Waals surface area contributed by atoms with E-state index in [0.717, 1.165) is 5.52 Å². The highest BCUT2D eigenvalue weighted by Crippen LogP contribution is 2.16. The van der Waals surface area contributed by atoms with E-state index in [4.69, 9.17) is 23.8 Å². The monoisotopic (exact) mass is 295 g/mol. The van der Waals surface area contributed by atoms with E-state index in [1.807, 2.05) is 11.4 Å². The Hall–Kier alpha value is -1.50. The fraction of sp³-hybridized carbons (Fsp3) is 0. The smallest absolute Gasteiger partial charge is 0.276 e. The van der Waals surface area contributed by atoms with E-state index in [0.29, 0.717) is 20.3 Å². The highest BCUT2D eigenvalue weighted by molar-refractivity contribution is 7.71. The van der Waals surface area contributed by atoms with Gasteiger partial charge in [-0.3, -0.25) is 9.36 Å². The number of fused-ring (bicyclic) bond motifs is 1. The average Bonchev–Trinajstić information content (AvgIpc) is 2.80. The number of halogens is 1. The van der Waals surface area contributed by atoms with Crippen molar-refractivity contribution >= 4 is 45.4 Å². The van der Waals surface area contributed by atoms with Crippen LogP contribution < -0.4 is 5.56 Å². The van der Waals surface area contributed by atoms with Crippen LogP contribution in [0.5, 0.6) is 0 Å². The van der Waals surface area contributed by atoms with Crippen molar-refractivity contribution in [1.29, 1.82) is 0 Å². The maximum absolute atomic E-state index is 12.3. The van der Waals surface area contributed by atoms with Gasteiger partial charge in [-0.05, 0) is 35.8 Å². The first kappa shape index (κ1) is 11.6. The molecule has 4 nitrogen and oxygen atoms in total. The second-order valence-corrected chi connectivity index (χ2v) is 5.26. The summed E-state index contributed by atoms with van der Waals surface area (Å²) in [4.78, 5) is 19.3. The van der Waals surface area contributed by atoms with Gasteiger partial charge in [0.15, 0.2) is 4.77 Å². The summed E-state index contributed by atoms with van der Waals surface area (Å²) in [5, 5.41) is 2.22. The summed E-state index contributed by atoms with van der Waals surface area (Å²) in [5.41, 5.74) is 1.21. The molecule has 0 radical (unpaired) electrons. The zero-order valence-corrected chi connectivity index (χ0v) is 11.3. The maximum Gasteiger partial charge on any atom is 0.276 e. The minimum absolute atomic E-state index is 0.145. The van der Waals surface area contributed by atoms with E-state index in [1.54, 1.807) is 12.1 Å². The van der Waals surface area contributed by atoms with Gasteiger partial charge in [0, 0.05) is 0 Å². The third kappa shape index (κ3) is 1.78. The van der Waals surface area contributed by atoms with Crippen LogP contribution in [0.1, 0.15) is 0 Å². The molecule has 0 fully saturated rings. The lowest BCUT2D eigenvalue weighted by atomic mass is 10.4. The quantitative estimate of drug-likeness (QED) is 0.554. The van der Waals surface area contributed by atoms with Crippen molar-refractivity contribution in [3.05, 3.63) is 50.1 Å². The van der Waals surface area contributed by atoms with Crippen LogP contribution in [-0.4, -0.2) is 14.5 Å². The molecule has 0 aromatic carbocycles. The van der Waals surface area contributed by atoms with E-state index in [1.165, 1.54) is 22.1 Å². The van der Waals surface area contributed by atoms with Crippen LogP contribution in [0.25, 0.3) is 15.9 Å². The summed E-state index contributed by atoms with van der Waals surface area (Å²) in [6, 6.07) is 5.16. The van der Waals surface area contributed by atoms with Crippen molar-refractivity contribution in [3.8, 4) is 5.69 Å². The van der Waals surface area contributed by atoms with Crippen molar-refractivity contribution in [3.63, 3.8) is 0 Å². The number of H-pyrrole nitrogens is 1. The number of nitrogens with zero attached hydrogens (tertiary/aromatic N) is 2. The molecule has 90 valence electrons. The molecule has 0 unspecified atom stereocenters. The lowest BCUT2D eigenvalue weighted by molar-refractivity contribution is 0.935. The first-order valence-corrected chi connectivity index (χ1v) is 6.68. The topological polar surface area (TPSA) is 50.7 Å². The van der Waals surface area contributed by atoms with Gasteiger partial charge in [0.25, 0.3) is 5.56 Å². The van der Waals surface area contributed by atoms with Crippen molar-refractivity contribution in [2.45, 2.75) is 0 Å². The predicted octanol–water partition coefficient (Wildman–Crippen LogP) is 3.16. The highest BCUT2D eigenvalue weighted by Gasteiger charge is 2.08. The average molecular weight is 296 g/mol. The number of rotatable bonds is 1. The molecule has 0 bridgehead atoms. The zero-order chi connectivity index (χ0) is 12.7. The maximum atomic E-state index is 12.3. The molecule has 0 atom stereocenters. The minimum Gasteiger partial charge on any atom is -0.331 e. The Labute approximate surface area is 116 Å². The van der Waals surface area contributed by atoms with Crippen LogP contribution in [0.4, 0.5) is 0 Å². The molecule has 3 heterocycles.